The molecule has 0 aromatic rings. The van der Waals surface area contributed by atoms with Crippen molar-refractivity contribution in [2.24, 2.45) is 5.73 Å². The maximum Gasteiger partial charge on any atom is 0.111 e. The SMILES string of the molecule is B[C@H]1CO[C@H]2[C@@H]1OC[C@@H]2N. The summed E-state index contributed by atoms with van der Waals surface area (Å²) in [4.78, 5) is 0. The molecule has 4 heteroatoms. The molecule has 2 rings (SSSR count). The summed E-state index contributed by atoms with van der Waals surface area (Å²) in [7, 11) is 2.14. The molecule has 0 aromatic heterocycles. The predicted octanol–water partition coefficient (Wildman–Crippen LogP) is -1.47. The van der Waals surface area contributed by atoms with Gasteiger partial charge in [-0.2, -0.15) is 0 Å². The first-order valence-electron chi connectivity index (χ1n) is 3.78. The Morgan fingerprint density at radius 3 is 2.60 bits per heavy atom. The molecule has 56 valence electrons. The second-order valence-electron chi connectivity index (χ2n) is 3.24. The largest absolute Gasteiger partial charge is 0.374 e. The monoisotopic (exact) mass is 141 g/mol. The minimum atomic E-state index is 0.106. The molecule has 10 heavy (non-hydrogen) atoms. The highest BCUT2D eigenvalue weighted by atomic mass is 16.6. The van der Waals surface area contributed by atoms with Crippen molar-refractivity contribution >= 4 is 7.85 Å². The van der Waals surface area contributed by atoms with Gasteiger partial charge in [0.25, 0.3) is 0 Å². The van der Waals surface area contributed by atoms with Gasteiger partial charge in [-0.25, -0.2) is 0 Å². The van der Waals surface area contributed by atoms with Gasteiger partial charge in [-0.15, -0.1) is 0 Å². The number of rotatable bonds is 0. The fourth-order valence-electron chi connectivity index (χ4n) is 1.72. The summed E-state index contributed by atoms with van der Waals surface area (Å²) in [6, 6.07) is 0.106. The maximum absolute atomic E-state index is 5.73. The normalized spacial score (nSPS) is 53.3. The average molecular weight is 141 g/mol. The Kier molecular flexibility index (Phi) is 1.48. The van der Waals surface area contributed by atoms with Crippen molar-refractivity contribution in [1.29, 1.82) is 0 Å². The zero-order chi connectivity index (χ0) is 7.14. The highest BCUT2D eigenvalue weighted by Crippen LogP contribution is 2.31. The molecule has 2 fully saturated rings. The number of ether oxygens (including phenoxy) is 2. The van der Waals surface area contributed by atoms with E-state index in [1.165, 1.54) is 0 Å². The van der Waals surface area contributed by atoms with E-state index in [1.807, 2.05) is 0 Å². The molecule has 3 nitrogen and oxygen atoms in total. The van der Waals surface area contributed by atoms with E-state index in [1.54, 1.807) is 0 Å². The summed E-state index contributed by atoms with van der Waals surface area (Å²) in [6.07, 6.45) is 0.449. The van der Waals surface area contributed by atoms with Crippen LogP contribution >= 0.6 is 0 Å². The van der Waals surface area contributed by atoms with Gasteiger partial charge in [-0.05, 0) is 5.82 Å². The second kappa shape index (κ2) is 2.22. The topological polar surface area (TPSA) is 44.5 Å². The van der Waals surface area contributed by atoms with Crippen LogP contribution in [0, 0.1) is 0 Å². The second-order valence-corrected chi connectivity index (χ2v) is 3.24. The Balaban J connectivity index is 2.09. The van der Waals surface area contributed by atoms with Gasteiger partial charge in [-0.1, -0.05) is 0 Å². The maximum atomic E-state index is 5.73. The Labute approximate surface area is 61.3 Å². The van der Waals surface area contributed by atoms with Crippen LogP contribution in [-0.4, -0.2) is 39.3 Å². The lowest BCUT2D eigenvalue weighted by molar-refractivity contribution is 0.0710. The number of nitrogens with two attached hydrogens (primary N) is 1. The van der Waals surface area contributed by atoms with Crippen molar-refractivity contribution < 1.29 is 9.47 Å². The molecular formula is C6H12BNO2. The molecule has 0 spiro atoms. The lowest BCUT2D eigenvalue weighted by Crippen LogP contribution is -2.35. The zero-order valence-electron chi connectivity index (χ0n) is 6.12. The van der Waals surface area contributed by atoms with Crippen molar-refractivity contribution in [3.8, 4) is 0 Å². The molecule has 2 heterocycles. The van der Waals surface area contributed by atoms with E-state index in [2.05, 4.69) is 7.85 Å². The highest BCUT2D eigenvalue weighted by molar-refractivity contribution is 6.12. The van der Waals surface area contributed by atoms with Gasteiger partial charge >= 0.3 is 0 Å². The lowest BCUT2D eigenvalue weighted by atomic mass is 9.83. The minimum Gasteiger partial charge on any atom is -0.374 e. The van der Waals surface area contributed by atoms with Crippen LogP contribution in [0.2, 0.25) is 5.82 Å². The van der Waals surface area contributed by atoms with Crippen LogP contribution in [0.3, 0.4) is 0 Å². The van der Waals surface area contributed by atoms with Crippen LogP contribution in [0.4, 0.5) is 0 Å². The fourth-order valence-corrected chi connectivity index (χ4v) is 1.72. The molecular weight excluding hydrogens is 129 g/mol. The molecule has 2 N–H and O–H groups in total. The summed E-state index contributed by atoms with van der Waals surface area (Å²) < 4.78 is 10.9. The molecule has 4 atom stereocenters. The van der Waals surface area contributed by atoms with Crippen LogP contribution in [0.1, 0.15) is 0 Å². The Bertz CT molecular complexity index is 128. The van der Waals surface area contributed by atoms with Crippen molar-refractivity contribution in [3.05, 3.63) is 0 Å². The first-order valence-corrected chi connectivity index (χ1v) is 3.78. The molecule has 0 unspecified atom stereocenters. The molecule has 0 aliphatic carbocycles. The molecule has 0 radical (unpaired) electrons. The minimum absolute atomic E-state index is 0.106. The summed E-state index contributed by atoms with van der Waals surface area (Å²) in [6.45, 7) is 1.47. The summed E-state index contributed by atoms with van der Waals surface area (Å²) >= 11 is 0. The molecule has 2 saturated heterocycles. The smallest absolute Gasteiger partial charge is 0.111 e. The summed E-state index contributed by atoms with van der Waals surface area (Å²) in [5.74, 6) is 0.526. The number of fused-ring (bicyclic) bond motifs is 1. The summed E-state index contributed by atoms with van der Waals surface area (Å²) in [5.41, 5.74) is 5.73. The van der Waals surface area contributed by atoms with Gasteiger partial charge in [0, 0.05) is 6.61 Å². The van der Waals surface area contributed by atoms with E-state index in [9.17, 15) is 0 Å². The average Bonchev–Trinajstić information content (AvgIpc) is 2.41. The molecule has 0 bridgehead atoms. The quantitative estimate of drug-likeness (QED) is 0.419. The van der Waals surface area contributed by atoms with Crippen molar-refractivity contribution in [3.63, 3.8) is 0 Å². The Morgan fingerprint density at radius 1 is 1.20 bits per heavy atom. The highest BCUT2D eigenvalue weighted by Gasteiger charge is 2.43. The molecule has 0 amide bonds. The number of hydrogen-bond acceptors (Lipinski definition) is 3. The zero-order valence-corrected chi connectivity index (χ0v) is 6.12. The molecule has 0 saturated carbocycles. The third-order valence-electron chi connectivity index (χ3n) is 2.34. The molecule has 2 aliphatic heterocycles. The Morgan fingerprint density at radius 2 is 1.90 bits per heavy atom. The van der Waals surface area contributed by atoms with Crippen LogP contribution in [0.15, 0.2) is 0 Å². The van der Waals surface area contributed by atoms with Crippen LogP contribution < -0.4 is 5.73 Å². The lowest BCUT2D eigenvalue weighted by Gasteiger charge is -2.10. The number of hydrogen-bond donors (Lipinski definition) is 1. The van der Waals surface area contributed by atoms with Gasteiger partial charge in [0.1, 0.15) is 14.0 Å². The third-order valence-corrected chi connectivity index (χ3v) is 2.34. The van der Waals surface area contributed by atoms with Crippen LogP contribution in [0.5, 0.6) is 0 Å². The van der Waals surface area contributed by atoms with Gasteiger partial charge in [0.2, 0.25) is 0 Å². The van der Waals surface area contributed by atoms with E-state index < -0.39 is 0 Å². The molecule has 0 aromatic carbocycles. The van der Waals surface area contributed by atoms with Crippen LogP contribution in [-0.2, 0) is 9.47 Å². The van der Waals surface area contributed by atoms with E-state index in [0.717, 1.165) is 6.61 Å². The Hall–Kier alpha value is -0.0551. The van der Waals surface area contributed by atoms with Crippen LogP contribution in [0.25, 0.3) is 0 Å². The van der Waals surface area contributed by atoms with E-state index >= 15 is 0 Å². The van der Waals surface area contributed by atoms with E-state index in [0.29, 0.717) is 12.4 Å². The van der Waals surface area contributed by atoms with Gasteiger partial charge < -0.3 is 15.2 Å². The fraction of sp³-hybridized carbons (Fsp3) is 1.00. The predicted molar refractivity (Wildman–Crippen MR) is 39.7 cm³/mol. The summed E-state index contributed by atoms with van der Waals surface area (Å²) in [5, 5.41) is 0. The van der Waals surface area contributed by atoms with Gasteiger partial charge in [0.15, 0.2) is 0 Å². The molecule has 2 aliphatic rings. The first kappa shape index (κ1) is 6.64. The standard InChI is InChI=1S/C6H12BNO2/c7-3-1-9-6-4(8)2-10-5(3)6/h3-6H,1-2,7-8H2/t3-,4-,5+,6+/m0/s1. The van der Waals surface area contributed by atoms with E-state index in [4.69, 9.17) is 15.2 Å². The van der Waals surface area contributed by atoms with Crippen molar-refractivity contribution in [1.82, 2.24) is 0 Å². The first-order chi connectivity index (χ1) is 4.79. The van der Waals surface area contributed by atoms with Crippen molar-refractivity contribution in [2.45, 2.75) is 24.1 Å². The van der Waals surface area contributed by atoms with E-state index in [-0.39, 0.29) is 18.2 Å². The third kappa shape index (κ3) is 0.796. The van der Waals surface area contributed by atoms with Crippen molar-refractivity contribution in [2.75, 3.05) is 13.2 Å². The van der Waals surface area contributed by atoms with Gasteiger partial charge in [0.05, 0.1) is 18.8 Å². The van der Waals surface area contributed by atoms with Gasteiger partial charge in [-0.3, -0.25) is 0 Å².